The summed E-state index contributed by atoms with van der Waals surface area (Å²) in [6.45, 7) is 4.44. The third kappa shape index (κ3) is 3.45. The van der Waals surface area contributed by atoms with Gasteiger partial charge in [0.05, 0.1) is 0 Å². The van der Waals surface area contributed by atoms with E-state index in [0.29, 0.717) is 5.92 Å². The van der Waals surface area contributed by atoms with Crippen molar-refractivity contribution in [2.75, 3.05) is 0 Å². The zero-order valence-corrected chi connectivity index (χ0v) is 10.7. The molecule has 17 heavy (non-hydrogen) atoms. The maximum Gasteiger partial charge on any atom is -0.0187 e. The van der Waals surface area contributed by atoms with E-state index in [1.165, 1.54) is 23.1 Å². The maximum atomic E-state index is 2.31. The molecule has 1 atom stereocenters. The number of rotatable bonds is 4. The Kier molecular flexibility index (Phi) is 3.98. The Balaban J connectivity index is 1.92. The molecule has 1 unspecified atom stereocenters. The average Bonchev–Trinajstić information content (AvgIpc) is 2.39. The van der Waals surface area contributed by atoms with Gasteiger partial charge in [-0.25, -0.2) is 0 Å². The van der Waals surface area contributed by atoms with E-state index in [1.54, 1.807) is 0 Å². The van der Waals surface area contributed by atoms with Crippen LogP contribution < -0.4 is 0 Å². The lowest BCUT2D eigenvalue weighted by Gasteiger charge is -2.11. The molecular weight excluding hydrogens is 204 g/mol. The topological polar surface area (TPSA) is 0 Å². The van der Waals surface area contributed by atoms with Crippen LogP contribution in [0.3, 0.4) is 0 Å². The monoisotopic (exact) mass is 224 g/mol. The molecule has 0 aliphatic rings. The quantitative estimate of drug-likeness (QED) is 0.704. The molecule has 0 heteroatoms. The van der Waals surface area contributed by atoms with Crippen molar-refractivity contribution in [3.8, 4) is 0 Å². The minimum absolute atomic E-state index is 0.637. The van der Waals surface area contributed by atoms with Crippen LogP contribution in [0.4, 0.5) is 0 Å². The third-order valence-electron chi connectivity index (χ3n) is 3.36. The van der Waals surface area contributed by atoms with Crippen molar-refractivity contribution in [3.63, 3.8) is 0 Å². The Morgan fingerprint density at radius 2 is 1.53 bits per heavy atom. The molecule has 0 N–H and O–H groups in total. The van der Waals surface area contributed by atoms with Crippen LogP contribution in [0.2, 0.25) is 0 Å². The molecule has 0 nitrogen and oxygen atoms in total. The van der Waals surface area contributed by atoms with Gasteiger partial charge in [-0.2, -0.15) is 0 Å². The zero-order chi connectivity index (χ0) is 12.1. The highest BCUT2D eigenvalue weighted by Crippen LogP contribution is 2.20. The fourth-order valence-electron chi connectivity index (χ4n) is 2.09. The highest BCUT2D eigenvalue weighted by molar-refractivity contribution is 5.23. The standard InChI is InChI=1S/C17H20/c1-14-8-11-16(12-9-14)13-10-15(2)17-6-4-3-5-7-17/h3-9,11-12,15H,10,13H2,1-2H3. The Bertz CT molecular complexity index is 439. The Morgan fingerprint density at radius 3 is 2.18 bits per heavy atom. The predicted molar refractivity (Wildman–Crippen MR) is 74.4 cm³/mol. The molecule has 0 aromatic heterocycles. The van der Waals surface area contributed by atoms with Gasteiger partial charge in [0.1, 0.15) is 0 Å². The van der Waals surface area contributed by atoms with E-state index in [9.17, 15) is 0 Å². The van der Waals surface area contributed by atoms with Gasteiger partial charge in [-0.15, -0.1) is 0 Å². The first-order valence-electron chi connectivity index (χ1n) is 6.36. The normalized spacial score (nSPS) is 12.4. The predicted octanol–water partition coefficient (Wildman–Crippen LogP) is 4.73. The van der Waals surface area contributed by atoms with E-state index in [-0.39, 0.29) is 0 Å². The van der Waals surface area contributed by atoms with E-state index in [1.807, 2.05) is 0 Å². The van der Waals surface area contributed by atoms with Crippen molar-refractivity contribution in [2.24, 2.45) is 0 Å². The molecule has 0 fully saturated rings. The van der Waals surface area contributed by atoms with Crippen molar-refractivity contribution in [3.05, 3.63) is 71.3 Å². The van der Waals surface area contributed by atoms with Crippen LogP contribution in [0, 0.1) is 6.92 Å². The lowest BCUT2D eigenvalue weighted by atomic mass is 9.94. The first-order valence-corrected chi connectivity index (χ1v) is 6.36. The minimum Gasteiger partial charge on any atom is -0.0622 e. The molecule has 0 heterocycles. The van der Waals surface area contributed by atoms with Gasteiger partial charge in [0.2, 0.25) is 0 Å². The summed E-state index contributed by atoms with van der Waals surface area (Å²) in [4.78, 5) is 0. The molecule has 0 aliphatic heterocycles. The molecule has 2 rings (SSSR count). The molecular formula is C17H20. The van der Waals surface area contributed by atoms with Crippen LogP contribution in [0.5, 0.6) is 0 Å². The highest BCUT2D eigenvalue weighted by Gasteiger charge is 2.04. The largest absolute Gasteiger partial charge is 0.0622 e. The lowest BCUT2D eigenvalue weighted by molar-refractivity contribution is 0.679. The summed E-state index contributed by atoms with van der Waals surface area (Å²) < 4.78 is 0. The second-order valence-electron chi connectivity index (χ2n) is 4.84. The molecule has 0 saturated heterocycles. The average molecular weight is 224 g/mol. The summed E-state index contributed by atoms with van der Waals surface area (Å²) in [6.07, 6.45) is 2.38. The van der Waals surface area contributed by atoms with Crippen molar-refractivity contribution in [1.29, 1.82) is 0 Å². The van der Waals surface area contributed by atoms with Gasteiger partial charge in [-0.05, 0) is 36.8 Å². The van der Waals surface area contributed by atoms with Gasteiger partial charge in [0.25, 0.3) is 0 Å². The molecule has 0 bridgehead atoms. The van der Waals surface area contributed by atoms with Gasteiger partial charge < -0.3 is 0 Å². The van der Waals surface area contributed by atoms with E-state index in [0.717, 1.165) is 6.42 Å². The Hall–Kier alpha value is -1.56. The lowest BCUT2D eigenvalue weighted by Crippen LogP contribution is -1.96. The Labute approximate surface area is 104 Å². The van der Waals surface area contributed by atoms with Crippen LogP contribution in [-0.2, 0) is 6.42 Å². The summed E-state index contributed by atoms with van der Waals surface area (Å²) in [7, 11) is 0. The number of aryl methyl sites for hydroxylation is 2. The summed E-state index contributed by atoms with van der Waals surface area (Å²) in [5, 5.41) is 0. The van der Waals surface area contributed by atoms with Gasteiger partial charge >= 0.3 is 0 Å². The second-order valence-corrected chi connectivity index (χ2v) is 4.84. The maximum absolute atomic E-state index is 2.31. The Morgan fingerprint density at radius 1 is 0.882 bits per heavy atom. The molecule has 2 aromatic rings. The van der Waals surface area contributed by atoms with Crippen LogP contribution in [-0.4, -0.2) is 0 Å². The third-order valence-corrected chi connectivity index (χ3v) is 3.36. The van der Waals surface area contributed by atoms with Crippen molar-refractivity contribution in [1.82, 2.24) is 0 Å². The molecule has 0 radical (unpaired) electrons. The molecule has 0 amide bonds. The first-order chi connectivity index (χ1) is 8.25. The zero-order valence-electron chi connectivity index (χ0n) is 10.7. The van der Waals surface area contributed by atoms with E-state index >= 15 is 0 Å². The minimum atomic E-state index is 0.637. The van der Waals surface area contributed by atoms with Gasteiger partial charge in [0.15, 0.2) is 0 Å². The van der Waals surface area contributed by atoms with Crippen LogP contribution in [0.1, 0.15) is 36.0 Å². The highest BCUT2D eigenvalue weighted by atomic mass is 14.1. The van der Waals surface area contributed by atoms with Gasteiger partial charge in [-0.3, -0.25) is 0 Å². The smallest absolute Gasteiger partial charge is 0.0187 e. The molecule has 2 aromatic carbocycles. The molecule has 0 saturated carbocycles. The summed E-state index contributed by atoms with van der Waals surface area (Å²) in [5.74, 6) is 0.637. The van der Waals surface area contributed by atoms with Crippen molar-refractivity contribution >= 4 is 0 Å². The van der Waals surface area contributed by atoms with Gasteiger partial charge in [-0.1, -0.05) is 67.1 Å². The second kappa shape index (κ2) is 5.67. The number of hydrogen-bond acceptors (Lipinski definition) is 0. The molecule has 0 spiro atoms. The number of benzene rings is 2. The number of hydrogen-bond donors (Lipinski definition) is 0. The fraction of sp³-hybridized carbons (Fsp3) is 0.294. The van der Waals surface area contributed by atoms with Crippen LogP contribution in [0.25, 0.3) is 0 Å². The summed E-state index contributed by atoms with van der Waals surface area (Å²) in [6, 6.07) is 19.6. The van der Waals surface area contributed by atoms with E-state index in [2.05, 4.69) is 68.4 Å². The van der Waals surface area contributed by atoms with Crippen molar-refractivity contribution < 1.29 is 0 Å². The SMILES string of the molecule is Cc1ccc(CCC(C)c2ccccc2)cc1. The van der Waals surface area contributed by atoms with E-state index in [4.69, 9.17) is 0 Å². The van der Waals surface area contributed by atoms with E-state index < -0.39 is 0 Å². The molecule has 0 aliphatic carbocycles. The van der Waals surface area contributed by atoms with Crippen LogP contribution >= 0.6 is 0 Å². The van der Waals surface area contributed by atoms with Crippen molar-refractivity contribution in [2.45, 2.75) is 32.6 Å². The van der Waals surface area contributed by atoms with Crippen LogP contribution in [0.15, 0.2) is 54.6 Å². The summed E-state index contributed by atoms with van der Waals surface area (Å²) >= 11 is 0. The summed E-state index contributed by atoms with van der Waals surface area (Å²) in [5.41, 5.74) is 4.22. The fourth-order valence-corrected chi connectivity index (χ4v) is 2.09. The molecule has 88 valence electrons. The first kappa shape index (κ1) is 11.9. The van der Waals surface area contributed by atoms with Gasteiger partial charge in [0, 0.05) is 0 Å².